The van der Waals surface area contributed by atoms with Gasteiger partial charge in [-0.2, -0.15) is 0 Å². The number of nitrogens with zero attached hydrogens (tertiary/aromatic N) is 2. The summed E-state index contributed by atoms with van der Waals surface area (Å²) in [6.07, 6.45) is 11.9. The summed E-state index contributed by atoms with van der Waals surface area (Å²) in [5.74, 6) is 3.14. The van der Waals surface area contributed by atoms with E-state index in [1.54, 1.807) is 0 Å². The normalized spacial score (nSPS) is 20.1. The molecule has 0 radical (unpaired) electrons. The van der Waals surface area contributed by atoms with Crippen molar-refractivity contribution in [2.45, 2.75) is 17.5 Å². The lowest BCUT2D eigenvalue weighted by Crippen LogP contribution is -2.41. The third kappa shape index (κ3) is 4.63. The molecular weight excluding hydrogens is 729 g/mol. The zero-order valence-electron chi connectivity index (χ0n) is 32.7. The van der Waals surface area contributed by atoms with Crippen LogP contribution in [0.3, 0.4) is 0 Å². The van der Waals surface area contributed by atoms with Gasteiger partial charge in [-0.3, -0.25) is 0 Å². The van der Waals surface area contributed by atoms with Crippen LogP contribution in [-0.4, -0.2) is 10.7 Å². The number of ether oxygens (including phenoxy) is 1. The fourth-order valence-corrected chi connectivity index (χ4v) is 11.1. The smallest absolute Gasteiger partial charge is 0.154 e. The van der Waals surface area contributed by atoms with Gasteiger partial charge in [0.05, 0.1) is 5.41 Å². The van der Waals surface area contributed by atoms with Gasteiger partial charge >= 0.3 is 0 Å². The first-order valence-electron chi connectivity index (χ1n) is 21.0. The fourth-order valence-electron chi connectivity index (χ4n) is 11.1. The largest absolute Gasteiger partial charge is 0.457 e. The molecule has 3 heterocycles. The van der Waals surface area contributed by atoms with E-state index in [0.717, 1.165) is 22.9 Å². The van der Waals surface area contributed by atoms with E-state index in [-0.39, 0.29) is 18.0 Å². The SMILES string of the molecule is C1=CC2c3c(c4ccccc4c4ccccc34)C3(c4ccccc4Oc4ccccc43)C2C=C1c1ccc(C2N=C3C(c4ccccc4)=CC(c4ccccc4)=CN32)cc1. The first-order chi connectivity index (χ1) is 29.8. The van der Waals surface area contributed by atoms with E-state index in [9.17, 15) is 0 Å². The van der Waals surface area contributed by atoms with Crippen LogP contribution < -0.4 is 4.74 Å². The monoisotopic (exact) mass is 766 g/mol. The van der Waals surface area contributed by atoms with Crippen molar-refractivity contribution in [2.24, 2.45) is 10.9 Å². The Balaban J connectivity index is 0.951. The van der Waals surface area contributed by atoms with E-state index >= 15 is 0 Å². The van der Waals surface area contributed by atoms with Gasteiger partial charge in [0.15, 0.2) is 6.17 Å². The topological polar surface area (TPSA) is 24.8 Å². The van der Waals surface area contributed by atoms with Crippen molar-refractivity contribution < 1.29 is 4.74 Å². The summed E-state index contributed by atoms with van der Waals surface area (Å²) in [5, 5.41) is 5.25. The van der Waals surface area contributed by atoms with E-state index in [4.69, 9.17) is 9.73 Å². The van der Waals surface area contributed by atoms with Crippen molar-refractivity contribution in [3.63, 3.8) is 0 Å². The van der Waals surface area contributed by atoms with Crippen LogP contribution in [0, 0.1) is 5.92 Å². The van der Waals surface area contributed by atoms with Gasteiger partial charge in [0.2, 0.25) is 0 Å². The van der Waals surface area contributed by atoms with Crippen LogP contribution in [0.5, 0.6) is 11.5 Å². The number of hydrogen-bond acceptors (Lipinski definition) is 3. The maximum Gasteiger partial charge on any atom is 0.154 e. The molecule has 0 saturated carbocycles. The van der Waals surface area contributed by atoms with Gasteiger partial charge in [0, 0.05) is 34.7 Å². The zero-order chi connectivity index (χ0) is 39.4. The molecule has 60 heavy (non-hydrogen) atoms. The standard InChI is InChI=1S/C57H38N2O/c1-3-15-36(16-4-1)41-33-47(38-17-5-2-6-18-38)56-58-55(59(56)35-41)39-29-27-37(28-30-39)40-31-32-46-50(34-40)57(48-23-11-13-25-51(48)60-52-26-14-12-24-49(52)57)54-45-22-10-8-20-43(45)42-19-7-9-21-44(42)53(46)54/h1-35,46,50,55H. The van der Waals surface area contributed by atoms with E-state index in [1.165, 1.54) is 77.2 Å². The Kier molecular flexibility index (Phi) is 7.12. The van der Waals surface area contributed by atoms with Crippen molar-refractivity contribution >= 4 is 44.1 Å². The Morgan fingerprint density at radius 1 is 0.517 bits per heavy atom. The molecule has 3 unspecified atom stereocenters. The van der Waals surface area contributed by atoms with Gasteiger partial charge in [-0.25, -0.2) is 4.99 Å². The Morgan fingerprint density at radius 3 is 1.78 bits per heavy atom. The van der Waals surface area contributed by atoms with E-state index in [1.807, 2.05) is 0 Å². The minimum Gasteiger partial charge on any atom is -0.457 e. The van der Waals surface area contributed by atoms with Crippen LogP contribution in [0.25, 0.3) is 38.3 Å². The molecule has 0 bridgehead atoms. The third-order valence-corrected chi connectivity index (χ3v) is 13.6. The van der Waals surface area contributed by atoms with Gasteiger partial charge in [0.25, 0.3) is 0 Å². The number of hydrogen-bond donors (Lipinski definition) is 0. The molecule has 3 aliphatic heterocycles. The first-order valence-corrected chi connectivity index (χ1v) is 21.0. The highest BCUT2D eigenvalue weighted by molar-refractivity contribution is 6.28. The molecule has 3 heteroatoms. The summed E-state index contributed by atoms with van der Waals surface area (Å²) in [6.45, 7) is 0. The summed E-state index contributed by atoms with van der Waals surface area (Å²) in [4.78, 5) is 7.59. The molecule has 8 aromatic carbocycles. The molecular formula is C57H38N2O. The Labute approximate surface area is 349 Å². The maximum absolute atomic E-state index is 6.76. The average molecular weight is 767 g/mol. The third-order valence-electron chi connectivity index (χ3n) is 13.6. The molecule has 0 saturated heterocycles. The molecule has 3 nitrogen and oxygen atoms in total. The lowest BCUT2D eigenvalue weighted by Gasteiger charge is -2.43. The quantitative estimate of drug-likeness (QED) is 0.167. The molecule has 8 aromatic rings. The Hall–Kier alpha value is -7.49. The molecule has 0 fully saturated rings. The second-order valence-corrected chi connectivity index (χ2v) is 16.5. The van der Waals surface area contributed by atoms with Crippen LogP contribution in [0.2, 0.25) is 0 Å². The lowest BCUT2D eigenvalue weighted by atomic mass is 9.61. The van der Waals surface area contributed by atoms with E-state index in [0.29, 0.717) is 0 Å². The van der Waals surface area contributed by atoms with E-state index in [2.05, 4.69) is 217 Å². The summed E-state index contributed by atoms with van der Waals surface area (Å²) < 4.78 is 6.76. The predicted octanol–water partition coefficient (Wildman–Crippen LogP) is 13.7. The van der Waals surface area contributed by atoms with Gasteiger partial charge in [0.1, 0.15) is 17.3 Å². The average Bonchev–Trinajstić information content (AvgIpc) is 3.61. The number of amidine groups is 1. The number of aliphatic imine (C=N–C) groups is 1. The molecule has 5 aliphatic rings. The summed E-state index contributed by atoms with van der Waals surface area (Å²) in [7, 11) is 0. The predicted molar refractivity (Wildman–Crippen MR) is 245 cm³/mol. The van der Waals surface area contributed by atoms with Crippen LogP contribution in [0.1, 0.15) is 56.6 Å². The van der Waals surface area contributed by atoms with Crippen LogP contribution in [0.4, 0.5) is 0 Å². The van der Waals surface area contributed by atoms with Crippen molar-refractivity contribution in [2.75, 3.05) is 0 Å². The summed E-state index contributed by atoms with van der Waals surface area (Å²) in [6, 6.07) is 66.0. The number of allylic oxidation sites excluding steroid dienone is 6. The number of rotatable bonds is 4. The van der Waals surface area contributed by atoms with Crippen LogP contribution in [-0.2, 0) is 5.41 Å². The van der Waals surface area contributed by atoms with Crippen molar-refractivity contribution in [3.05, 3.63) is 257 Å². The molecule has 0 aromatic heterocycles. The Morgan fingerprint density at radius 2 is 1.08 bits per heavy atom. The van der Waals surface area contributed by atoms with Gasteiger partial charge in [-0.1, -0.05) is 188 Å². The number of para-hydroxylation sites is 2. The van der Waals surface area contributed by atoms with Crippen molar-refractivity contribution in [1.29, 1.82) is 0 Å². The Bertz CT molecular complexity index is 3200. The number of fused-ring (bicyclic) bond motifs is 15. The maximum atomic E-state index is 6.76. The molecule has 3 atom stereocenters. The molecule has 2 aliphatic carbocycles. The minimum absolute atomic E-state index is 0.0927. The van der Waals surface area contributed by atoms with Crippen LogP contribution >= 0.6 is 0 Å². The fraction of sp³-hybridized carbons (Fsp3) is 0.0702. The number of benzene rings is 8. The van der Waals surface area contributed by atoms with Crippen LogP contribution in [0.15, 0.2) is 217 Å². The summed E-state index contributed by atoms with van der Waals surface area (Å²) >= 11 is 0. The highest BCUT2D eigenvalue weighted by Gasteiger charge is 2.58. The molecule has 0 N–H and O–H groups in total. The highest BCUT2D eigenvalue weighted by Crippen LogP contribution is 2.67. The van der Waals surface area contributed by atoms with E-state index < -0.39 is 5.41 Å². The second-order valence-electron chi connectivity index (χ2n) is 16.5. The second kappa shape index (κ2) is 12.8. The van der Waals surface area contributed by atoms with Crippen molar-refractivity contribution in [3.8, 4) is 11.5 Å². The van der Waals surface area contributed by atoms with Gasteiger partial charge < -0.3 is 9.64 Å². The minimum atomic E-state index is -0.483. The van der Waals surface area contributed by atoms with Gasteiger partial charge in [-0.05, 0) is 84.3 Å². The first kappa shape index (κ1) is 33.5. The summed E-state index contributed by atoms with van der Waals surface area (Å²) in [5.41, 5.74) is 13.1. The molecule has 0 amide bonds. The molecule has 282 valence electrons. The highest BCUT2D eigenvalue weighted by atomic mass is 16.5. The molecule has 13 rings (SSSR count). The van der Waals surface area contributed by atoms with Gasteiger partial charge in [-0.15, -0.1) is 0 Å². The lowest BCUT2D eigenvalue weighted by molar-refractivity contribution is 0.370. The van der Waals surface area contributed by atoms with Crippen molar-refractivity contribution in [1.82, 2.24) is 4.90 Å². The zero-order valence-corrected chi connectivity index (χ0v) is 32.7. The molecule has 1 spiro atoms.